The largest absolute Gasteiger partial charge is 0.868 e. The number of hydrogen-bond donors (Lipinski definition) is 2. The van der Waals surface area contributed by atoms with Crippen molar-refractivity contribution in [3.05, 3.63) is 61.4 Å². The highest BCUT2D eigenvalue weighted by molar-refractivity contribution is 9.10. The van der Waals surface area contributed by atoms with E-state index in [1.54, 1.807) is 39.2 Å². The van der Waals surface area contributed by atoms with E-state index in [2.05, 4.69) is 21.2 Å². The van der Waals surface area contributed by atoms with E-state index in [0.717, 1.165) is 12.1 Å². The Kier molecular flexibility index (Phi) is 7.83. The molecule has 0 saturated carbocycles. The number of nitro benzene ring substituents is 2. The van der Waals surface area contributed by atoms with Crippen LogP contribution in [-0.4, -0.2) is 21.5 Å². The van der Waals surface area contributed by atoms with Crippen LogP contribution in [0.2, 0.25) is 0 Å². The number of rotatable bonds is 3. The Hall–Kier alpha value is -3.48. The summed E-state index contributed by atoms with van der Waals surface area (Å²) < 4.78 is 7.18. The van der Waals surface area contributed by atoms with Crippen LogP contribution in [0.1, 0.15) is 20.8 Å². The summed E-state index contributed by atoms with van der Waals surface area (Å²) in [5.41, 5.74) is -1.16. The standard InChI is InChI=1S/C10H14BrN3O2.C6H4N2O5/c1-10(2,3)16-9(15)13-8-4-5-14(12)6-7(8)11;9-6-2-1-4(7(10)11)3-5(6)8(12)13/h4-6H,12H2,1-3H3;1-3,9H. The lowest BCUT2D eigenvalue weighted by Crippen LogP contribution is -2.43. The number of non-ortho nitro benzene ring substituents is 1. The Morgan fingerprint density at radius 3 is 2.31 bits per heavy atom. The first kappa shape index (κ1) is 23.6. The van der Waals surface area contributed by atoms with Crippen LogP contribution in [0.5, 0.6) is 5.75 Å². The molecule has 1 amide bonds. The number of aromatic nitrogens is 1. The molecule has 2 rings (SSSR count). The van der Waals surface area contributed by atoms with E-state index in [4.69, 9.17) is 10.6 Å². The van der Waals surface area contributed by atoms with E-state index in [9.17, 15) is 30.1 Å². The zero-order valence-electron chi connectivity index (χ0n) is 15.6. The fourth-order valence-electron chi connectivity index (χ4n) is 1.76. The number of carbonyl (C=O) groups excluding carboxylic acids is 1. The van der Waals surface area contributed by atoms with Crippen molar-refractivity contribution < 1.29 is 29.2 Å². The Labute approximate surface area is 173 Å². The lowest BCUT2D eigenvalue weighted by Gasteiger charge is -2.19. The number of benzene rings is 1. The van der Waals surface area contributed by atoms with Gasteiger partial charge >= 0.3 is 6.09 Å². The predicted molar refractivity (Wildman–Crippen MR) is 104 cm³/mol. The number of nitrogen functional groups attached to an aromatic ring is 1. The number of ether oxygens (including phenoxy) is 1. The molecule has 0 aliphatic carbocycles. The van der Waals surface area contributed by atoms with Gasteiger partial charge in [-0.3, -0.25) is 25.5 Å². The van der Waals surface area contributed by atoms with Crippen molar-refractivity contribution in [1.29, 1.82) is 0 Å². The van der Waals surface area contributed by atoms with E-state index in [1.165, 1.54) is 4.68 Å². The molecule has 3 N–H and O–H groups in total. The number of carbonyl (C=O) groups is 1. The number of halogens is 1. The fraction of sp³-hybridized carbons (Fsp3) is 0.250. The lowest BCUT2D eigenvalue weighted by molar-refractivity contribution is -0.639. The van der Waals surface area contributed by atoms with Crippen molar-refractivity contribution in [2.45, 2.75) is 26.4 Å². The maximum atomic E-state index is 11.5. The molecule has 156 valence electrons. The molecular weight excluding hydrogens is 454 g/mol. The Morgan fingerprint density at radius 2 is 1.83 bits per heavy atom. The summed E-state index contributed by atoms with van der Waals surface area (Å²) in [4.78, 5) is 30.1. The molecule has 2 aromatic rings. The number of nitrogens with two attached hydrogens (primary N) is 1. The number of nitrogens with zero attached hydrogens (tertiary/aromatic N) is 3. The summed E-state index contributed by atoms with van der Waals surface area (Å²) in [6, 6.07) is 4.04. The second-order valence-corrected chi connectivity index (χ2v) is 7.30. The molecule has 0 spiro atoms. The molecule has 29 heavy (non-hydrogen) atoms. The summed E-state index contributed by atoms with van der Waals surface area (Å²) in [6.45, 7) is 5.42. The van der Waals surface area contributed by atoms with Crippen LogP contribution in [0.4, 0.5) is 21.9 Å². The molecule has 0 saturated heterocycles. The van der Waals surface area contributed by atoms with E-state index >= 15 is 0 Å². The van der Waals surface area contributed by atoms with Crippen molar-refractivity contribution in [2.75, 3.05) is 11.2 Å². The van der Waals surface area contributed by atoms with Crippen molar-refractivity contribution in [3.8, 4) is 5.75 Å². The molecule has 1 aromatic carbocycles. The Balaban J connectivity index is 0.000000296. The SMILES string of the molecule is CC(C)(C)OC(=O)Nc1cc[n+](N)cc1Br.O=[N+]([O-])c1ccc([O-])c([N+](=O)[O-])c1. The molecule has 0 aliphatic heterocycles. The number of nitrogens with one attached hydrogen (secondary N) is 1. The van der Waals surface area contributed by atoms with Crippen LogP contribution in [0.15, 0.2) is 41.1 Å². The van der Waals surface area contributed by atoms with Crippen LogP contribution in [0.3, 0.4) is 0 Å². The summed E-state index contributed by atoms with van der Waals surface area (Å²) in [5, 5.41) is 33.7. The average Bonchev–Trinajstić information content (AvgIpc) is 2.56. The van der Waals surface area contributed by atoms with Crippen LogP contribution in [0, 0.1) is 20.2 Å². The van der Waals surface area contributed by atoms with E-state index in [0.29, 0.717) is 16.2 Å². The van der Waals surface area contributed by atoms with E-state index in [-0.39, 0.29) is 0 Å². The van der Waals surface area contributed by atoms with Crippen LogP contribution in [0.25, 0.3) is 0 Å². The molecular formula is C16H18BrN5O7. The Bertz CT molecular complexity index is 930. The maximum absolute atomic E-state index is 11.5. The minimum Gasteiger partial charge on any atom is -0.868 e. The average molecular weight is 472 g/mol. The van der Waals surface area contributed by atoms with Gasteiger partial charge in [0.15, 0.2) is 0 Å². The van der Waals surface area contributed by atoms with Crippen LogP contribution >= 0.6 is 15.9 Å². The van der Waals surface area contributed by atoms with Crippen molar-refractivity contribution in [1.82, 2.24) is 0 Å². The third-order valence-electron chi connectivity index (χ3n) is 2.92. The number of hydrogen-bond acceptors (Lipinski definition) is 8. The minimum absolute atomic E-state index is 0.466. The van der Waals surface area contributed by atoms with Gasteiger partial charge in [-0.05, 0) is 42.5 Å². The third-order valence-corrected chi connectivity index (χ3v) is 3.55. The molecule has 0 radical (unpaired) electrons. The normalized spacial score (nSPS) is 10.3. The third kappa shape index (κ3) is 7.96. The topological polar surface area (TPSA) is 178 Å². The van der Waals surface area contributed by atoms with Gasteiger partial charge in [0.05, 0.1) is 21.6 Å². The molecule has 0 fully saturated rings. The van der Waals surface area contributed by atoms with E-state index in [1.807, 2.05) is 0 Å². The van der Waals surface area contributed by atoms with Gasteiger partial charge in [0.1, 0.15) is 10.1 Å². The molecule has 1 aromatic heterocycles. The van der Waals surface area contributed by atoms with Gasteiger partial charge in [-0.1, -0.05) is 10.7 Å². The summed E-state index contributed by atoms with van der Waals surface area (Å²) >= 11 is 3.28. The van der Waals surface area contributed by atoms with Gasteiger partial charge in [-0.15, -0.1) is 0 Å². The summed E-state index contributed by atoms with van der Waals surface area (Å²) in [5.74, 6) is 4.67. The van der Waals surface area contributed by atoms with Gasteiger partial charge < -0.3 is 9.84 Å². The Morgan fingerprint density at radius 1 is 1.21 bits per heavy atom. The summed E-state index contributed by atoms with van der Waals surface area (Å²) in [7, 11) is 0. The first-order chi connectivity index (χ1) is 13.3. The first-order valence-electron chi connectivity index (χ1n) is 7.86. The highest BCUT2D eigenvalue weighted by atomic mass is 79.9. The quantitative estimate of drug-likeness (QED) is 0.296. The number of nitro groups is 2. The van der Waals surface area contributed by atoms with Gasteiger partial charge in [0, 0.05) is 12.1 Å². The van der Waals surface area contributed by atoms with Gasteiger partial charge in [0.2, 0.25) is 12.4 Å². The number of anilines is 1. The fourth-order valence-corrected chi connectivity index (χ4v) is 2.23. The molecule has 0 aliphatic rings. The van der Waals surface area contributed by atoms with Gasteiger partial charge in [0.25, 0.3) is 11.4 Å². The van der Waals surface area contributed by atoms with Crippen molar-refractivity contribution in [3.63, 3.8) is 0 Å². The first-order valence-corrected chi connectivity index (χ1v) is 8.65. The second kappa shape index (κ2) is 9.64. The molecule has 1 heterocycles. The number of pyridine rings is 1. The zero-order valence-corrected chi connectivity index (χ0v) is 17.2. The van der Waals surface area contributed by atoms with Crippen LogP contribution in [-0.2, 0) is 4.74 Å². The van der Waals surface area contributed by atoms with Gasteiger partial charge in [-0.2, -0.15) is 0 Å². The monoisotopic (exact) mass is 471 g/mol. The number of amides is 1. The molecule has 0 atom stereocenters. The molecule has 13 heteroatoms. The highest BCUT2D eigenvalue weighted by Crippen LogP contribution is 2.27. The van der Waals surface area contributed by atoms with Crippen LogP contribution < -0.4 is 20.9 Å². The minimum atomic E-state index is -0.949. The smallest absolute Gasteiger partial charge is 0.412 e. The predicted octanol–water partition coefficient (Wildman–Crippen LogP) is 2.37. The van der Waals surface area contributed by atoms with Crippen molar-refractivity contribution in [2.24, 2.45) is 0 Å². The second-order valence-electron chi connectivity index (χ2n) is 6.45. The zero-order chi connectivity index (χ0) is 22.4. The van der Waals surface area contributed by atoms with Crippen molar-refractivity contribution >= 4 is 39.1 Å². The molecule has 12 nitrogen and oxygen atoms in total. The lowest BCUT2D eigenvalue weighted by atomic mass is 10.2. The molecule has 0 unspecified atom stereocenters. The summed E-state index contributed by atoms with van der Waals surface area (Å²) in [6.07, 6.45) is 2.76. The van der Waals surface area contributed by atoms with Gasteiger partial charge in [-0.25, -0.2) is 10.6 Å². The molecule has 0 bridgehead atoms. The van der Waals surface area contributed by atoms with E-state index < -0.39 is 38.7 Å². The maximum Gasteiger partial charge on any atom is 0.412 e. The highest BCUT2D eigenvalue weighted by Gasteiger charge is 2.17.